The van der Waals surface area contributed by atoms with Crippen molar-refractivity contribution in [1.29, 1.82) is 0 Å². The number of rotatable bonds is 4. The molecule has 3 N–H and O–H groups in total. The zero-order chi connectivity index (χ0) is 14.7. The molecule has 4 heteroatoms. The lowest BCUT2D eigenvalue weighted by Crippen LogP contribution is -2.30. The van der Waals surface area contributed by atoms with Crippen molar-refractivity contribution in [1.82, 2.24) is 5.43 Å². The molecule has 0 saturated carbocycles. The number of hydrazine groups is 1. The highest BCUT2D eigenvalue weighted by molar-refractivity contribution is 6.31. The van der Waals surface area contributed by atoms with Crippen molar-refractivity contribution >= 4 is 11.6 Å². The maximum atomic E-state index is 6.20. The van der Waals surface area contributed by atoms with Crippen molar-refractivity contribution in [2.45, 2.75) is 19.9 Å². The fourth-order valence-corrected chi connectivity index (χ4v) is 2.56. The third kappa shape index (κ3) is 2.80. The summed E-state index contributed by atoms with van der Waals surface area (Å²) in [6.45, 7) is 4.04. The van der Waals surface area contributed by atoms with Crippen molar-refractivity contribution in [2.75, 3.05) is 7.11 Å². The van der Waals surface area contributed by atoms with E-state index in [2.05, 4.69) is 5.43 Å². The van der Waals surface area contributed by atoms with Gasteiger partial charge in [-0.3, -0.25) is 5.84 Å². The van der Waals surface area contributed by atoms with Gasteiger partial charge in [0.15, 0.2) is 0 Å². The summed E-state index contributed by atoms with van der Waals surface area (Å²) >= 11 is 6.20. The predicted molar refractivity (Wildman–Crippen MR) is 83.1 cm³/mol. The molecule has 0 heterocycles. The van der Waals surface area contributed by atoms with Crippen LogP contribution in [0.25, 0.3) is 0 Å². The molecular weight excluding hydrogens is 272 g/mol. The van der Waals surface area contributed by atoms with Crippen LogP contribution in [0.2, 0.25) is 5.02 Å². The largest absolute Gasteiger partial charge is 0.497 e. The first-order chi connectivity index (χ1) is 9.58. The second kappa shape index (κ2) is 6.27. The minimum atomic E-state index is -0.0976. The number of hydrogen-bond acceptors (Lipinski definition) is 3. The van der Waals surface area contributed by atoms with Gasteiger partial charge in [0.25, 0.3) is 0 Å². The van der Waals surface area contributed by atoms with Gasteiger partial charge in [0.2, 0.25) is 0 Å². The normalized spacial score (nSPS) is 12.2. The monoisotopic (exact) mass is 290 g/mol. The summed E-state index contributed by atoms with van der Waals surface area (Å²) in [4.78, 5) is 0. The molecule has 0 bridgehead atoms. The lowest BCUT2D eigenvalue weighted by atomic mass is 9.92. The van der Waals surface area contributed by atoms with E-state index in [1.54, 1.807) is 7.11 Å². The SMILES string of the molecule is COc1ccc(C(NN)c2cccc(Cl)c2C)c(C)c1. The highest BCUT2D eigenvalue weighted by atomic mass is 35.5. The molecule has 3 nitrogen and oxygen atoms in total. The van der Waals surface area contributed by atoms with E-state index in [1.807, 2.05) is 50.2 Å². The molecular formula is C16H19ClN2O. The predicted octanol–water partition coefficient (Wildman–Crippen LogP) is 3.52. The van der Waals surface area contributed by atoms with Crippen LogP contribution in [-0.4, -0.2) is 7.11 Å². The molecule has 2 rings (SSSR count). The van der Waals surface area contributed by atoms with E-state index < -0.39 is 0 Å². The number of halogens is 1. The van der Waals surface area contributed by atoms with Crippen LogP contribution < -0.4 is 16.0 Å². The first-order valence-corrected chi connectivity index (χ1v) is 6.82. The Balaban J connectivity index is 2.50. The molecule has 0 fully saturated rings. The van der Waals surface area contributed by atoms with Crippen LogP contribution in [0.15, 0.2) is 36.4 Å². The molecule has 0 aliphatic carbocycles. The van der Waals surface area contributed by atoms with E-state index in [0.29, 0.717) is 0 Å². The van der Waals surface area contributed by atoms with E-state index in [1.165, 1.54) is 0 Å². The molecule has 20 heavy (non-hydrogen) atoms. The molecule has 0 amide bonds. The molecule has 2 aromatic rings. The Morgan fingerprint density at radius 1 is 1.15 bits per heavy atom. The van der Waals surface area contributed by atoms with Crippen molar-refractivity contribution < 1.29 is 4.74 Å². The summed E-state index contributed by atoms with van der Waals surface area (Å²) in [5.41, 5.74) is 7.22. The number of aryl methyl sites for hydroxylation is 1. The fourth-order valence-electron chi connectivity index (χ4n) is 2.38. The maximum absolute atomic E-state index is 6.20. The molecule has 0 radical (unpaired) electrons. The Hall–Kier alpha value is -1.55. The van der Waals surface area contributed by atoms with Gasteiger partial charge in [-0.15, -0.1) is 0 Å². The van der Waals surface area contributed by atoms with E-state index in [9.17, 15) is 0 Å². The quantitative estimate of drug-likeness (QED) is 0.669. The van der Waals surface area contributed by atoms with Gasteiger partial charge in [-0.05, 0) is 54.3 Å². The zero-order valence-corrected chi connectivity index (χ0v) is 12.7. The lowest BCUT2D eigenvalue weighted by molar-refractivity contribution is 0.414. The fraction of sp³-hybridized carbons (Fsp3) is 0.250. The van der Waals surface area contributed by atoms with E-state index in [4.69, 9.17) is 22.2 Å². The van der Waals surface area contributed by atoms with E-state index >= 15 is 0 Å². The second-order valence-corrected chi connectivity index (χ2v) is 5.18. The third-order valence-electron chi connectivity index (χ3n) is 3.58. The summed E-state index contributed by atoms with van der Waals surface area (Å²) in [7, 11) is 1.66. The van der Waals surface area contributed by atoms with Crippen LogP contribution >= 0.6 is 11.6 Å². The summed E-state index contributed by atoms with van der Waals surface area (Å²) in [6.07, 6.45) is 0. The first-order valence-electron chi connectivity index (χ1n) is 6.44. The Bertz CT molecular complexity index is 613. The Labute approximate surface area is 124 Å². The summed E-state index contributed by atoms with van der Waals surface area (Å²) in [5, 5.41) is 0.744. The third-order valence-corrected chi connectivity index (χ3v) is 3.98. The smallest absolute Gasteiger partial charge is 0.119 e. The average molecular weight is 291 g/mol. The molecule has 1 unspecified atom stereocenters. The topological polar surface area (TPSA) is 47.3 Å². The van der Waals surface area contributed by atoms with E-state index in [-0.39, 0.29) is 6.04 Å². The van der Waals surface area contributed by atoms with E-state index in [0.717, 1.165) is 33.0 Å². The van der Waals surface area contributed by atoms with Crippen LogP contribution in [0.3, 0.4) is 0 Å². The van der Waals surface area contributed by atoms with Crippen LogP contribution in [0.4, 0.5) is 0 Å². The molecule has 2 aromatic carbocycles. The molecule has 0 aliphatic heterocycles. The van der Waals surface area contributed by atoms with Crippen molar-refractivity contribution in [3.8, 4) is 5.75 Å². The molecule has 0 aromatic heterocycles. The van der Waals surface area contributed by atoms with Crippen LogP contribution in [0.5, 0.6) is 5.75 Å². The molecule has 106 valence electrons. The van der Waals surface area contributed by atoms with Gasteiger partial charge in [-0.1, -0.05) is 29.8 Å². The molecule has 1 atom stereocenters. The van der Waals surface area contributed by atoms with Crippen molar-refractivity contribution in [3.63, 3.8) is 0 Å². The number of methoxy groups -OCH3 is 1. The number of benzene rings is 2. The molecule has 0 aliphatic rings. The van der Waals surface area contributed by atoms with Gasteiger partial charge < -0.3 is 4.74 Å². The Kier molecular flexibility index (Phi) is 4.65. The van der Waals surface area contributed by atoms with Gasteiger partial charge in [0.05, 0.1) is 13.2 Å². The van der Waals surface area contributed by atoms with Gasteiger partial charge in [-0.25, -0.2) is 5.43 Å². The number of nitrogens with one attached hydrogen (secondary N) is 1. The van der Waals surface area contributed by atoms with Crippen molar-refractivity contribution in [3.05, 3.63) is 63.7 Å². The van der Waals surface area contributed by atoms with Gasteiger partial charge in [0.1, 0.15) is 5.75 Å². The standard InChI is InChI=1S/C16H19ClN2O/c1-10-9-12(20-3)7-8-13(10)16(19-18)14-5-4-6-15(17)11(14)2/h4-9,16,19H,18H2,1-3H3. The van der Waals surface area contributed by atoms with Gasteiger partial charge >= 0.3 is 0 Å². The summed E-state index contributed by atoms with van der Waals surface area (Å²) < 4.78 is 5.24. The maximum Gasteiger partial charge on any atom is 0.119 e. The average Bonchev–Trinajstić information content (AvgIpc) is 2.45. The lowest BCUT2D eigenvalue weighted by Gasteiger charge is -2.22. The minimum Gasteiger partial charge on any atom is -0.497 e. The summed E-state index contributed by atoms with van der Waals surface area (Å²) in [5.74, 6) is 6.61. The zero-order valence-electron chi connectivity index (χ0n) is 11.9. The highest BCUT2D eigenvalue weighted by Gasteiger charge is 2.18. The second-order valence-electron chi connectivity index (χ2n) is 4.78. The molecule has 0 spiro atoms. The number of ether oxygens (including phenoxy) is 1. The van der Waals surface area contributed by atoms with Crippen LogP contribution in [0, 0.1) is 13.8 Å². The van der Waals surface area contributed by atoms with Gasteiger partial charge in [0, 0.05) is 5.02 Å². The Morgan fingerprint density at radius 2 is 1.90 bits per heavy atom. The summed E-state index contributed by atoms with van der Waals surface area (Å²) in [6, 6.07) is 11.7. The van der Waals surface area contributed by atoms with Gasteiger partial charge in [-0.2, -0.15) is 0 Å². The molecule has 0 saturated heterocycles. The number of nitrogens with two attached hydrogens (primary N) is 1. The van der Waals surface area contributed by atoms with Crippen LogP contribution in [0.1, 0.15) is 28.3 Å². The van der Waals surface area contributed by atoms with Crippen molar-refractivity contribution in [2.24, 2.45) is 5.84 Å². The Morgan fingerprint density at radius 3 is 2.50 bits per heavy atom. The first kappa shape index (κ1) is 14.9. The highest BCUT2D eigenvalue weighted by Crippen LogP contribution is 2.31. The van der Waals surface area contributed by atoms with Crippen LogP contribution in [-0.2, 0) is 0 Å². The minimum absolute atomic E-state index is 0.0976. The number of hydrogen-bond donors (Lipinski definition) is 2.